The first-order chi connectivity index (χ1) is 21.7. The van der Waals surface area contributed by atoms with Gasteiger partial charge in [-0.05, 0) is 81.6 Å². The lowest BCUT2D eigenvalue weighted by Crippen LogP contribution is -2.15. The lowest BCUT2D eigenvalue weighted by Gasteiger charge is -2.17. The van der Waals surface area contributed by atoms with Gasteiger partial charge in [-0.25, -0.2) is 14.6 Å². The number of carbonyl (C=O) groups excluding carboxylic acids is 1. The van der Waals surface area contributed by atoms with Crippen molar-refractivity contribution in [2.75, 3.05) is 10.6 Å². The maximum absolute atomic E-state index is 13.7. The van der Waals surface area contributed by atoms with Gasteiger partial charge in [-0.15, -0.1) is 0 Å². The fraction of sp³-hybridized carbons (Fsp3) is 0.189. The monoisotopic (exact) mass is 596 g/mol. The number of hydrogen-bond acceptors (Lipinski definition) is 6. The van der Waals surface area contributed by atoms with Crippen molar-refractivity contribution in [3.05, 3.63) is 125 Å². The van der Waals surface area contributed by atoms with Gasteiger partial charge in [-0.3, -0.25) is 4.79 Å². The number of nitrogens with one attached hydrogen (secondary N) is 2. The topological polar surface area (TPSA) is 94.0 Å². The number of benzene rings is 4. The molecule has 45 heavy (non-hydrogen) atoms. The highest BCUT2D eigenvalue weighted by Gasteiger charge is 2.18. The third-order valence-electron chi connectivity index (χ3n) is 7.48. The van der Waals surface area contributed by atoms with Crippen LogP contribution in [0.4, 0.5) is 11.8 Å². The number of aryl methyl sites for hydroxylation is 3. The van der Waals surface area contributed by atoms with Crippen molar-refractivity contribution in [2.24, 2.45) is 0 Å². The van der Waals surface area contributed by atoms with Crippen LogP contribution in [0.5, 0.6) is 5.75 Å². The predicted molar refractivity (Wildman–Crippen MR) is 180 cm³/mol. The summed E-state index contributed by atoms with van der Waals surface area (Å²) < 4.78 is 8.19. The molecule has 0 radical (unpaired) electrons. The maximum Gasteiger partial charge on any atom is 0.256 e. The molecule has 1 amide bonds. The molecule has 0 saturated carbocycles. The third-order valence-corrected chi connectivity index (χ3v) is 7.48. The molecule has 0 unspecified atom stereocenters. The van der Waals surface area contributed by atoms with Crippen LogP contribution in [0.1, 0.15) is 46.6 Å². The molecular weight excluding hydrogens is 560 g/mol. The van der Waals surface area contributed by atoms with Crippen LogP contribution in [0, 0.1) is 20.8 Å². The number of amides is 1. The van der Waals surface area contributed by atoms with Crippen molar-refractivity contribution in [3.8, 4) is 22.6 Å². The van der Waals surface area contributed by atoms with E-state index >= 15 is 0 Å². The van der Waals surface area contributed by atoms with Gasteiger partial charge in [0.25, 0.3) is 5.91 Å². The number of carbonyl (C=O) groups is 1. The quantitative estimate of drug-likeness (QED) is 0.175. The van der Waals surface area contributed by atoms with E-state index in [1.165, 1.54) is 0 Å². The largest absolute Gasteiger partial charge is 0.488 e. The van der Waals surface area contributed by atoms with Gasteiger partial charge >= 0.3 is 0 Å². The molecule has 6 aromatic rings. The lowest BCUT2D eigenvalue weighted by atomic mass is 9.96. The first kappa shape index (κ1) is 29.6. The summed E-state index contributed by atoms with van der Waals surface area (Å²) in [7, 11) is 0. The van der Waals surface area contributed by atoms with Crippen molar-refractivity contribution < 1.29 is 9.53 Å². The lowest BCUT2D eigenvalue weighted by molar-refractivity contribution is 0.102. The molecule has 6 rings (SSSR count). The van der Waals surface area contributed by atoms with Crippen molar-refractivity contribution in [3.63, 3.8) is 0 Å². The molecule has 0 spiro atoms. The minimum atomic E-state index is -0.232. The van der Waals surface area contributed by atoms with E-state index in [9.17, 15) is 4.79 Å². The van der Waals surface area contributed by atoms with Gasteiger partial charge in [0.05, 0.1) is 16.9 Å². The Morgan fingerprint density at radius 1 is 0.889 bits per heavy atom. The molecule has 0 aliphatic rings. The Morgan fingerprint density at radius 2 is 1.67 bits per heavy atom. The van der Waals surface area contributed by atoms with E-state index in [1.54, 1.807) is 4.68 Å². The molecule has 2 aromatic heterocycles. The Kier molecular flexibility index (Phi) is 8.29. The van der Waals surface area contributed by atoms with Gasteiger partial charge in [0.15, 0.2) is 0 Å². The maximum atomic E-state index is 13.7. The van der Waals surface area contributed by atoms with Gasteiger partial charge in [0, 0.05) is 40.9 Å². The summed E-state index contributed by atoms with van der Waals surface area (Å²) in [5.74, 6) is 1.61. The summed E-state index contributed by atoms with van der Waals surface area (Å²) in [6.07, 6.45) is 1.82. The average molecular weight is 597 g/mol. The zero-order valence-electron chi connectivity index (χ0n) is 26.1. The van der Waals surface area contributed by atoms with Gasteiger partial charge in [0.2, 0.25) is 5.95 Å². The van der Waals surface area contributed by atoms with Crippen LogP contribution in [0.2, 0.25) is 0 Å². The van der Waals surface area contributed by atoms with E-state index < -0.39 is 0 Å². The molecule has 8 heteroatoms. The predicted octanol–water partition coefficient (Wildman–Crippen LogP) is 8.06. The van der Waals surface area contributed by atoms with E-state index in [0.717, 1.165) is 50.1 Å². The number of anilines is 2. The average Bonchev–Trinajstić information content (AvgIpc) is 3.39. The van der Waals surface area contributed by atoms with Crippen LogP contribution in [-0.4, -0.2) is 31.7 Å². The number of rotatable bonds is 9. The van der Waals surface area contributed by atoms with Crippen LogP contribution in [0.15, 0.2) is 97.2 Å². The molecule has 0 aliphatic carbocycles. The number of aromatic nitrogens is 4. The highest BCUT2D eigenvalue weighted by Crippen LogP contribution is 2.37. The Balaban J connectivity index is 1.37. The van der Waals surface area contributed by atoms with E-state index in [0.29, 0.717) is 29.7 Å². The number of nitrogens with zero attached hydrogens (tertiary/aromatic N) is 4. The first-order valence-electron chi connectivity index (χ1n) is 15.0. The van der Waals surface area contributed by atoms with Crippen molar-refractivity contribution in [2.45, 2.75) is 47.3 Å². The molecule has 8 nitrogen and oxygen atoms in total. The van der Waals surface area contributed by atoms with Gasteiger partial charge in [0.1, 0.15) is 18.2 Å². The molecule has 0 atom stereocenters. The van der Waals surface area contributed by atoms with Gasteiger partial charge < -0.3 is 15.4 Å². The van der Waals surface area contributed by atoms with Crippen LogP contribution < -0.4 is 15.4 Å². The summed E-state index contributed by atoms with van der Waals surface area (Å²) in [4.78, 5) is 22.9. The van der Waals surface area contributed by atoms with Crippen molar-refractivity contribution in [1.82, 2.24) is 19.7 Å². The summed E-state index contributed by atoms with van der Waals surface area (Å²) in [5.41, 5.74) is 7.94. The molecule has 2 heterocycles. The summed E-state index contributed by atoms with van der Waals surface area (Å²) in [6.45, 7) is 10.5. The van der Waals surface area contributed by atoms with E-state index in [-0.39, 0.29) is 11.9 Å². The fourth-order valence-corrected chi connectivity index (χ4v) is 5.17. The van der Waals surface area contributed by atoms with E-state index in [2.05, 4.69) is 34.6 Å². The number of fused-ring (bicyclic) bond motifs is 1. The molecule has 2 N–H and O–H groups in total. The van der Waals surface area contributed by atoms with Crippen LogP contribution in [0.3, 0.4) is 0 Å². The van der Waals surface area contributed by atoms with E-state index in [4.69, 9.17) is 9.72 Å². The van der Waals surface area contributed by atoms with Crippen LogP contribution in [-0.2, 0) is 6.61 Å². The van der Waals surface area contributed by atoms with Crippen LogP contribution in [0.25, 0.3) is 27.7 Å². The highest BCUT2D eigenvalue weighted by molar-refractivity contribution is 6.05. The second-order valence-electron chi connectivity index (χ2n) is 11.6. The molecule has 4 aromatic carbocycles. The molecule has 226 valence electrons. The highest BCUT2D eigenvalue weighted by atomic mass is 16.5. The minimum absolute atomic E-state index is 0.200. The Hall–Kier alpha value is -5.50. The van der Waals surface area contributed by atoms with E-state index in [1.807, 2.05) is 118 Å². The molecular formula is C37H36N6O2. The second kappa shape index (κ2) is 12.6. The third kappa shape index (κ3) is 6.70. The standard InChI is InChI=1S/C37H36N6O2/c1-23(2)39-37-38-21-29-19-32(34(20-33(29)40-37)45-22-27-9-7-6-8-10-27)31-18-28(14-13-25(31)4)36(44)41-35-17-26(5)42-43(35)30-15-11-24(3)12-16-30/h6-21,23H,22H2,1-5H3,(H,41,44)(H,38,39,40). The zero-order valence-corrected chi connectivity index (χ0v) is 26.1. The molecule has 0 aliphatic heterocycles. The molecule has 0 fully saturated rings. The Bertz CT molecular complexity index is 1980. The van der Waals surface area contributed by atoms with Crippen molar-refractivity contribution in [1.29, 1.82) is 0 Å². The summed E-state index contributed by atoms with van der Waals surface area (Å²) >= 11 is 0. The molecule has 0 bridgehead atoms. The number of ether oxygens (including phenoxy) is 1. The number of hydrogen-bond donors (Lipinski definition) is 2. The fourth-order valence-electron chi connectivity index (χ4n) is 5.17. The molecule has 0 saturated heterocycles. The summed E-state index contributed by atoms with van der Waals surface area (Å²) in [5, 5.41) is 11.8. The summed E-state index contributed by atoms with van der Waals surface area (Å²) in [6, 6.07) is 29.9. The second-order valence-corrected chi connectivity index (χ2v) is 11.6. The smallest absolute Gasteiger partial charge is 0.256 e. The minimum Gasteiger partial charge on any atom is -0.488 e. The SMILES string of the molecule is Cc1ccc(-n2nc(C)cc2NC(=O)c2ccc(C)c(-c3cc4cnc(NC(C)C)nc4cc3OCc3ccccc3)c2)cc1. The Morgan fingerprint density at radius 3 is 2.42 bits per heavy atom. The van der Waals surface area contributed by atoms with Crippen molar-refractivity contribution >= 4 is 28.6 Å². The Labute approximate surface area is 263 Å². The van der Waals surface area contributed by atoms with Gasteiger partial charge in [-0.1, -0.05) is 54.1 Å². The zero-order chi connectivity index (χ0) is 31.5. The van der Waals surface area contributed by atoms with Crippen LogP contribution >= 0.6 is 0 Å². The van der Waals surface area contributed by atoms with Gasteiger partial charge in [-0.2, -0.15) is 5.10 Å². The normalized spacial score (nSPS) is 11.2. The first-order valence-corrected chi connectivity index (χ1v) is 15.0.